The topological polar surface area (TPSA) is 146 Å². The van der Waals surface area contributed by atoms with E-state index >= 15 is 0 Å². The van der Waals surface area contributed by atoms with E-state index in [1.54, 1.807) is 6.92 Å². The van der Waals surface area contributed by atoms with Crippen LogP contribution in [0.2, 0.25) is 0 Å². The lowest BCUT2D eigenvalue weighted by atomic mass is 10.2. The lowest BCUT2D eigenvalue weighted by Gasteiger charge is -2.03. The standard InChI is InChI=1S/C17H16N6O5/c1-11(13-10-18-6-7-19-13)20-21-16(24)3-2-8-22-14-5-4-12(23(26)27)9-15(14)28-17(22)25/h4-7,9-10H,2-3,8H2,1H3,(H,21,24). The van der Waals surface area contributed by atoms with Gasteiger partial charge in [0.1, 0.15) is 5.69 Å². The monoisotopic (exact) mass is 384 g/mol. The second-order valence-corrected chi connectivity index (χ2v) is 5.86. The Labute approximate surface area is 157 Å². The van der Waals surface area contributed by atoms with Crippen LogP contribution in [-0.2, 0) is 11.3 Å². The van der Waals surface area contributed by atoms with Crippen LogP contribution in [0.5, 0.6) is 0 Å². The van der Waals surface area contributed by atoms with Crippen molar-refractivity contribution in [2.24, 2.45) is 5.10 Å². The summed E-state index contributed by atoms with van der Waals surface area (Å²) in [5.74, 6) is -0.952. The van der Waals surface area contributed by atoms with Crippen LogP contribution < -0.4 is 11.2 Å². The number of fused-ring (bicyclic) bond motifs is 1. The molecule has 2 heterocycles. The molecule has 0 bridgehead atoms. The number of hydrazone groups is 1. The Balaban J connectivity index is 1.59. The molecule has 0 fully saturated rings. The molecule has 1 aromatic carbocycles. The number of carbonyl (C=O) groups excluding carboxylic acids is 1. The van der Waals surface area contributed by atoms with Gasteiger partial charge in [-0.2, -0.15) is 5.10 Å². The molecule has 0 aliphatic carbocycles. The van der Waals surface area contributed by atoms with Gasteiger partial charge in [0.25, 0.3) is 5.69 Å². The highest BCUT2D eigenvalue weighted by atomic mass is 16.6. The maximum atomic E-state index is 12.0. The molecule has 0 unspecified atom stereocenters. The molecule has 0 aliphatic rings. The van der Waals surface area contributed by atoms with Gasteiger partial charge in [0.05, 0.1) is 28.4 Å². The average Bonchev–Trinajstić information content (AvgIpc) is 3.01. The van der Waals surface area contributed by atoms with E-state index in [0.29, 0.717) is 23.3 Å². The van der Waals surface area contributed by atoms with E-state index in [0.717, 1.165) is 0 Å². The fourth-order valence-corrected chi connectivity index (χ4v) is 2.52. The first-order valence-corrected chi connectivity index (χ1v) is 8.33. The number of aryl methyl sites for hydroxylation is 1. The number of hydrogen-bond acceptors (Lipinski definition) is 8. The van der Waals surface area contributed by atoms with Gasteiger partial charge >= 0.3 is 5.76 Å². The van der Waals surface area contributed by atoms with E-state index in [9.17, 15) is 19.7 Å². The summed E-state index contributed by atoms with van der Waals surface area (Å²) in [5.41, 5.74) is 3.90. The summed E-state index contributed by atoms with van der Waals surface area (Å²) in [6, 6.07) is 3.95. The number of nitro groups is 1. The van der Waals surface area contributed by atoms with Gasteiger partial charge in [-0.3, -0.25) is 29.4 Å². The second kappa shape index (κ2) is 8.20. The largest absolute Gasteiger partial charge is 0.419 e. The number of amides is 1. The maximum Gasteiger partial charge on any atom is 0.419 e. The Morgan fingerprint density at radius 2 is 2.21 bits per heavy atom. The van der Waals surface area contributed by atoms with Crippen molar-refractivity contribution in [1.82, 2.24) is 20.0 Å². The lowest BCUT2D eigenvalue weighted by Crippen LogP contribution is -2.21. The summed E-state index contributed by atoms with van der Waals surface area (Å²) in [6.45, 7) is 1.92. The van der Waals surface area contributed by atoms with Gasteiger partial charge in [-0.1, -0.05) is 0 Å². The third-order valence-electron chi connectivity index (χ3n) is 3.93. The number of benzene rings is 1. The van der Waals surface area contributed by atoms with Crippen molar-refractivity contribution < 1.29 is 14.1 Å². The molecule has 11 heteroatoms. The molecule has 3 rings (SSSR count). The Bertz CT molecular complexity index is 1100. The molecule has 1 amide bonds. The lowest BCUT2D eigenvalue weighted by molar-refractivity contribution is -0.384. The summed E-state index contributed by atoms with van der Waals surface area (Å²) in [7, 11) is 0. The highest BCUT2D eigenvalue weighted by molar-refractivity contribution is 5.97. The Morgan fingerprint density at radius 1 is 1.39 bits per heavy atom. The normalized spacial score (nSPS) is 11.5. The number of hydrogen-bond donors (Lipinski definition) is 1. The first kappa shape index (κ1) is 18.9. The number of rotatable bonds is 7. The van der Waals surface area contributed by atoms with Gasteiger partial charge < -0.3 is 4.42 Å². The van der Waals surface area contributed by atoms with Crippen molar-refractivity contribution in [3.05, 3.63) is 63.1 Å². The van der Waals surface area contributed by atoms with Crippen molar-refractivity contribution in [2.75, 3.05) is 0 Å². The Kier molecular flexibility index (Phi) is 5.53. The van der Waals surface area contributed by atoms with Crippen molar-refractivity contribution in [3.63, 3.8) is 0 Å². The molecular weight excluding hydrogens is 368 g/mol. The van der Waals surface area contributed by atoms with Crippen LogP contribution >= 0.6 is 0 Å². The van der Waals surface area contributed by atoms with Gasteiger partial charge in [-0.15, -0.1) is 0 Å². The SMILES string of the molecule is CC(=NNC(=O)CCCn1c(=O)oc2cc([N+](=O)[O-])ccc21)c1cnccn1. The van der Waals surface area contributed by atoms with Crippen LogP contribution in [0.15, 0.2) is 51.1 Å². The molecule has 11 nitrogen and oxygen atoms in total. The zero-order chi connectivity index (χ0) is 20.1. The van der Waals surface area contributed by atoms with Gasteiger partial charge in [0.15, 0.2) is 5.58 Å². The maximum absolute atomic E-state index is 12.0. The van der Waals surface area contributed by atoms with Crippen LogP contribution in [0.4, 0.5) is 5.69 Å². The summed E-state index contributed by atoms with van der Waals surface area (Å²) < 4.78 is 6.38. The molecule has 28 heavy (non-hydrogen) atoms. The molecule has 0 atom stereocenters. The van der Waals surface area contributed by atoms with Gasteiger partial charge in [0.2, 0.25) is 5.91 Å². The molecular formula is C17H16N6O5. The third-order valence-corrected chi connectivity index (χ3v) is 3.93. The minimum atomic E-state index is -0.632. The first-order valence-electron chi connectivity index (χ1n) is 8.33. The summed E-state index contributed by atoms with van der Waals surface area (Å²) in [6.07, 6.45) is 5.08. The molecule has 1 N–H and O–H groups in total. The first-order chi connectivity index (χ1) is 13.5. The Morgan fingerprint density at radius 3 is 2.93 bits per heavy atom. The fraction of sp³-hybridized carbons (Fsp3) is 0.235. The molecule has 0 saturated carbocycles. The zero-order valence-electron chi connectivity index (χ0n) is 14.9. The number of aromatic nitrogens is 3. The quantitative estimate of drug-likeness (QED) is 0.370. The van der Waals surface area contributed by atoms with Crippen LogP contribution in [0.1, 0.15) is 25.5 Å². The predicted octanol–water partition coefficient (Wildman–Crippen LogP) is 1.61. The number of nitrogens with zero attached hydrogens (tertiary/aromatic N) is 5. The summed E-state index contributed by atoms with van der Waals surface area (Å²) >= 11 is 0. The molecule has 2 aromatic heterocycles. The fourth-order valence-electron chi connectivity index (χ4n) is 2.52. The van der Waals surface area contributed by atoms with Crippen LogP contribution in [0, 0.1) is 10.1 Å². The third kappa shape index (κ3) is 4.26. The van der Waals surface area contributed by atoms with Gasteiger partial charge in [-0.05, 0) is 19.4 Å². The van der Waals surface area contributed by atoms with Gasteiger partial charge in [0, 0.05) is 31.4 Å². The molecule has 0 spiro atoms. The number of carbonyl (C=O) groups is 1. The molecule has 3 aromatic rings. The van der Waals surface area contributed by atoms with Crippen molar-refractivity contribution in [1.29, 1.82) is 0 Å². The molecule has 0 aliphatic heterocycles. The summed E-state index contributed by atoms with van der Waals surface area (Å²) in [4.78, 5) is 42.1. The van der Waals surface area contributed by atoms with Crippen LogP contribution in [-0.4, -0.2) is 31.1 Å². The number of nitro benzene ring substituents is 1. The van der Waals surface area contributed by atoms with Crippen molar-refractivity contribution in [2.45, 2.75) is 26.3 Å². The highest BCUT2D eigenvalue weighted by Crippen LogP contribution is 2.20. The average molecular weight is 384 g/mol. The second-order valence-electron chi connectivity index (χ2n) is 5.86. The van der Waals surface area contributed by atoms with Crippen molar-refractivity contribution in [3.8, 4) is 0 Å². The van der Waals surface area contributed by atoms with E-state index in [2.05, 4.69) is 20.5 Å². The summed E-state index contributed by atoms with van der Waals surface area (Å²) in [5, 5.41) is 14.8. The Hall–Kier alpha value is -3.89. The highest BCUT2D eigenvalue weighted by Gasteiger charge is 2.14. The number of non-ortho nitro benzene ring substituents is 1. The molecule has 0 radical (unpaired) electrons. The van der Waals surface area contributed by atoms with E-state index in [-0.39, 0.29) is 30.1 Å². The molecule has 0 saturated heterocycles. The van der Waals surface area contributed by atoms with E-state index in [4.69, 9.17) is 4.42 Å². The van der Waals surface area contributed by atoms with Crippen LogP contribution in [0.25, 0.3) is 11.1 Å². The number of oxazole rings is 1. The number of nitrogens with one attached hydrogen (secondary N) is 1. The predicted molar refractivity (Wildman–Crippen MR) is 98.7 cm³/mol. The van der Waals surface area contributed by atoms with Crippen LogP contribution in [0.3, 0.4) is 0 Å². The van der Waals surface area contributed by atoms with E-state index in [1.807, 2.05) is 0 Å². The molecule has 144 valence electrons. The minimum absolute atomic E-state index is 0.128. The zero-order valence-corrected chi connectivity index (χ0v) is 14.9. The van der Waals surface area contributed by atoms with Gasteiger partial charge in [-0.25, -0.2) is 10.2 Å². The van der Waals surface area contributed by atoms with E-state index in [1.165, 1.54) is 41.4 Å². The van der Waals surface area contributed by atoms with Crippen molar-refractivity contribution >= 4 is 28.4 Å². The van der Waals surface area contributed by atoms with E-state index < -0.39 is 10.7 Å². The smallest absolute Gasteiger partial charge is 0.407 e. The minimum Gasteiger partial charge on any atom is -0.407 e.